The highest BCUT2D eigenvalue weighted by Crippen LogP contribution is 2.47. The van der Waals surface area contributed by atoms with Gasteiger partial charge in [0.1, 0.15) is 0 Å². The molecule has 0 aliphatic heterocycles. The maximum absolute atomic E-state index is 12.2. The van der Waals surface area contributed by atoms with Crippen LogP contribution >= 0.6 is 0 Å². The van der Waals surface area contributed by atoms with Gasteiger partial charge < -0.3 is 4.74 Å². The smallest absolute Gasteiger partial charge is 0.313 e. The van der Waals surface area contributed by atoms with Crippen molar-refractivity contribution in [2.75, 3.05) is 6.61 Å². The molecule has 17 heavy (non-hydrogen) atoms. The third kappa shape index (κ3) is 4.42. The normalized spacial score (nSPS) is 15.9. The second kappa shape index (κ2) is 5.12. The fourth-order valence-electron chi connectivity index (χ4n) is 1.97. The summed E-state index contributed by atoms with van der Waals surface area (Å²) in [7, 11) is 0. The Morgan fingerprint density at radius 1 is 1.12 bits per heavy atom. The molecule has 0 amide bonds. The van der Waals surface area contributed by atoms with Gasteiger partial charge in [-0.25, -0.2) is 0 Å². The third-order valence-corrected chi connectivity index (χ3v) is 3.28. The van der Waals surface area contributed by atoms with Crippen LogP contribution in [-0.2, 0) is 9.53 Å². The van der Waals surface area contributed by atoms with E-state index in [-0.39, 0.29) is 23.4 Å². The Labute approximate surface area is 106 Å². The minimum atomic E-state index is -0.526. The minimum Gasteiger partial charge on any atom is -0.452 e. The van der Waals surface area contributed by atoms with Crippen molar-refractivity contribution >= 4 is 5.97 Å². The Balaban J connectivity index is 5.14. The van der Waals surface area contributed by atoms with Gasteiger partial charge in [-0.3, -0.25) is 4.79 Å². The predicted molar refractivity (Wildman–Crippen MR) is 71.4 cm³/mol. The highest BCUT2D eigenvalue weighted by Gasteiger charge is 2.47. The van der Waals surface area contributed by atoms with E-state index < -0.39 is 5.41 Å². The van der Waals surface area contributed by atoms with Crippen LogP contribution in [0.1, 0.15) is 54.9 Å². The molecule has 0 aliphatic carbocycles. The largest absolute Gasteiger partial charge is 0.452 e. The Morgan fingerprint density at radius 2 is 1.59 bits per heavy atom. The van der Waals surface area contributed by atoms with Crippen LogP contribution in [0.5, 0.6) is 0 Å². The van der Waals surface area contributed by atoms with E-state index in [4.69, 9.17) is 11.2 Å². The van der Waals surface area contributed by atoms with Crippen molar-refractivity contribution in [3.8, 4) is 12.3 Å². The summed E-state index contributed by atoms with van der Waals surface area (Å²) in [6.45, 7) is 14.6. The second-order valence-electron chi connectivity index (χ2n) is 7.10. The third-order valence-electron chi connectivity index (χ3n) is 3.28. The molecule has 0 radical (unpaired) electrons. The topological polar surface area (TPSA) is 26.3 Å². The quantitative estimate of drug-likeness (QED) is 0.554. The molecule has 0 saturated carbocycles. The summed E-state index contributed by atoms with van der Waals surface area (Å²) < 4.78 is 5.15. The van der Waals surface area contributed by atoms with Gasteiger partial charge in [-0.15, -0.1) is 6.42 Å². The highest BCUT2D eigenvalue weighted by atomic mass is 16.5. The van der Waals surface area contributed by atoms with E-state index in [1.165, 1.54) is 0 Å². The van der Waals surface area contributed by atoms with Crippen LogP contribution < -0.4 is 0 Å². The lowest BCUT2D eigenvalue weighted by Crippen LogP contribution is -2.44. The lowest BCUT2D eigenvalue weighted by molar-refractivity contribution is -0.163. The fraction of sp³-hybridized carbons (Fsp3) is 0.800. The molecular weight excluding hydrogens is 212 g/mol. The van der Waals surface area contributed by atoms with Crippen molar-refractivity contribution in [2.45, 2.75) is 54.9 Å². The first-order chi connectivity index (χ1) is 7.44. The monoisotopic (exact) mass is 238 g/mol. The Morgan fingerprint density at radius 3 is 1.88 bits per heavy atom. The van der Waals surface area contributed by atoms with Crippen LogP contribution in [0, 0.1) is 28.6 Å². The second-order valence-corrected chi connectivity index (χ2v) is 7.10. The molecule has 0 rings (SSSR count). The summed E-state index contributed by atoms with van der Waals surface area (Å²) in [6, 6.07) is 0. The molecule has 98 valence electrons. The number of ether oxygens (including phenoxy) is 1. The number of carbonyl (C=O) groups is 1. The van der Waals surface area contributed by atoms with E-state index in [1.54, 1.807) is 0 Å². The van der Waals surface area contributed by atoms with Gasteiger partial charge in [0.25, 0.3) is 0 Å². The first-order valence-electron chi connectivity index (χ1n) is 6.05. The summed E-state index contributed by atoms with van der Waals surface area (Å²) in [5.74, 6) is 2.15. The van der Waals surface area contributed by atoms with Gasteiger partial charge in [0.15, 0.2) is 6.61 Å². The lowest BCUT2D eigenvalue weighted by Gasteiger charge is -2.43. The number of rotatable bonds is 3. The zero-order valence-electron chi connectivity index (χ0n) is 12.3. The lowest BCUT2D eigenvalue weighted by atomic mass is 9.61. The van der Waals surface area contributed by atoms with Gasteiger partial charge in [-0.1, -0.05) is 47.5 Å². The van der Waals surface area contributed by atoms with Gasteiger partial charge in [0, 0.05) is 0 Å². The van der Waals surface area contributed by atoms with E-state index in [1.807, 2.05) is 6.92 Å². The van der Waals surface area contributed by atoms with Crippen molar-refractivity contribution in [3.05, 3.63) is 0 Å². The van der Waals surface area contributed by atoms with Crippen molar-refractivity contribution in [1.29, 1.82) is 0 Å². The van der Waals surface area contributed by atoms with Gasteiger partial charge in [-0.05, 0) is 24.2 Å². The summed E-state index contributed by atoms with van der Waals surface area (Å²) in [4.78, 5) is 12.2. The van der Waals surface area contributed by atoms with Crippen molar-refractivity contribution in [1.82, 2.24) is 0 Å². The maximum atomic E-state index is 12.2. The number of esters is 1. The van der Waals surface area contributed by atoms with Crippen molar-refractivity contribution in [3.63, 3.8) is 0 Å². The molecule has 1 atom stereocenters. The van der Waals surface area contributed by atoms with Crippen LogP contribution in [0.3, 0.4) is 0 Å². The van der Waals surface area contributed by atoms with Crippen LogP contribution in [-0.4, -0.2) is 12.6 Å². The van der Waals surface area contributed by atoms with Gasteiger partial charge >= 0.3 is 5.97 Å². The van der Waals surface area contributed by atoms with Gasteiger partial charge in [0.05, 0.1) is 5.41 Å². The van der Waals surface area contributed by atoms with Crippen LogP contribution in [0.15, 0.2) is 0 Å². The van der Waals surface area contributed by atoms with E-state index in [2.05, 4.69) is 47.5 Å². The van der Waals surface area contributed by atoms with E-state index in [0.717, 1.165) is 6.42 Å². The molecule has 0 spiro atoms. The number of hydrogen-bond acceptors (Lipinski definition) is 2. The first kappa shape index (κ1) is 16.0. The average Bonchev–Trinajstić information content (AvgIpc) is 2.09. The predicted octanol–water partition coefficient (Wildman–Crippen LogP) is 3.65. The van der Waals surface area contributed by atoms with Gasteiger partial charge in [-0.2, -0.15) is 0 Å². The Bertz CT molecular complexity index is 309. The molecule has 0 saturated heterocycles. The molecule has 0 bridgehead atoms. The van der Waals surface area contributed by atoms with E-state index >= 15 is 0 Å². The number of carbonyl (C=O) groups excluding carboxylic acids is 1. The van der Waals surface area contributed by atoms with E-state index in [0.29, 0.717) is 0 Å². The summed E-state index contributed by atoms with van der Waals surface area (Å²) in [6.07, 6.45) is 5.90. The molecule has 0 aromatic carbocycles. The standard InChI is InChI=1S/C15H26O2/c1-9-10-17-12(16)15(8,14(5,6)7)11-13(2,3)4/h1H,10-11H2,2-8H3. The molecule has 0 N–H and O–H groups in total. The van der Waals surface area contributed by atoms with Crippen molar-refractivity contribution in [2.24, 2.45) is 16.2 Å². The number of hydrogen-bond donors (Lipinski definition) is 0. The average molecular weight is 238 g/mol. The summed E-state index contributed by atoms with van der Waals surface area (Å²) in [5.41, 5.74) is -0.620. The highest BCUT2D eigenvalue weighted by molar-refractivity contribution is 5.77. The summed E-state index contributed by atoms with van der Waals surface area (Å²) >= 11 is 0. The van der Waals surface area contributed by atoms with Gasteiger partial charge in [0.2, 0.25) is 0 Å². The SMILES string of the molecule is C#CCOC(=O)C(C)(CC(C)(C)C)C(C)(C)C. The molecule has 1 unspecified atom stereocenters. The molecule has 0 aliphatic rings. The number of terminal acetylenes is 1. The molecule has 0 fully saturated rings. The molecule has 0 aromatic rings. The fourth-order valence-corrected chi connectivity index (χ4v) is 1.97. The molecule has 0 aromatic heterocycles. The Kier molecular flexibility index (Phi) is 4.83. The Hall–Kier alpha value is -0.970. The van der Waals surface area contributed by atoms with E-state index in [9.17, 15) is 4.79 Å². The maximum Gasteiger partial charge on any atom is 0.313 e. The molecule has 2 heteroatoms. The first-order valence-corrected chi connectivity index (χ1v) is 6.05. The van der Waals surface area contributed by atoms with Crippen LogP contribution in [0.2, 0.25) is 0 Å². The zero-order valence-corrected chi connectivity index (χ0v) is 12.3. The van der Waals surface area contributed by atoms with Crippen LogP contribution in [0.25, 0.3) is 0 Å². The molecule has 0 heterocycles. The minimum absolute atomic E-state index is 0.0502. The summed E-state index contributed by atoms with van der Waals surface area (Å²) in [5, 5.41) is 0. The molecular formula is C15H26O2. The van der Waals surface area contributed by atoms with Crippen LogP contribution in [0.4, 0.5) is 0 Å². The molecule has 2 nitrogen and oxygen atoms in total. The zero-order chi connectivity index (χ0) is 13.9. The van der Waals surface area contributed by atoms with Crippen molar-refractivity contribution < 1.29 is 9.53 Å².